The lowest BCUT2D eigenvalue weighted by molar-refractivity contribution is -0.389. The fourth-order valence-electron chi connectivity index (χ4n) is 0.789. The Morgan fingerprint density at radius 1 is 1.64 bits per heavy atom. The SMILES string of the molecule is Nc1c(I)cc([N+](=O)[O-])nc1C(F)F. The van der Waals surface area contributed by atoms with Crippen LogP contribution < -0.4 is 5.73 Å². The van der Waals surface area contributed by atoms with Gasteiger partial charge < -0.3 is 15.8 Å². The fraction of sp³-hybridized carbons (Fsp3) is 0.167. The van der Waals surface area contributed by atoms with E-state index in [2.05, 4.69) is 4.98 Å². The van der Waals surface area contributed by atoms with Crippen LogP contribution in [0.15, 0.2) is 6.07 Å². The molecule has 0 fully saturated rings. The molecule has 14 heavy (non-hydrogen) atoms. The van der Waals surface area contributed by atoms with E-state index in [4.69, 9.17) is 5.73 Å². The number of rotatable bonds is 2. The predicted molar refractivity (Wildman–Crippen MR) is 53.0 cm³/mol. The van der Waals surface area contributed by atoms with Crippen LogP contribution in [0.1, 0.15) is 12.1 Å². The molecule has 0 saturated carbocycles. The van der Waals surface area contributed by atoms with Crippen molar-refractivity contribution in [2.75, 3.05) is 5.73 Å². The lowest BCUT2D eigenvalue weighted by Crippen LogP contribution is -2.04. The first-order valence-electron chi connectivity index (χ1n) is 3.32. The second kappa shape index (κ2) is 3.98. The minimum atomic E-state index is -2.91. The normalized spacial score (nSPS) is 10.6. The van der Waals surface area contributed by atoms with Crippen LogP contribution in [0.2, 0.25) is 0 Å². The average Bonchev–Trinajstić information content (AvgIpc) is 2.08. The van der Waals surface area contributed by atoms with E-state index in [1.807, 2.05) is 0 Å². The maximum absolute atomic E-state index is 12.3. The summed E-state index contributed by atoms with van der Waals surface area (Å²) in [5.41, 5.74) is 4.32. The number of hydrogen-bond acceptors (Lipinski definition) is 4. The highest BCUT2D eigenvalue weighted by molar-refractivity contribution is 14.1. The van der Waals surface area contributed by atoms with E-state index in [-0.39, 0.29) is 9.26 Å². The predicted octanol–water partition coefficient (Wildman–Crippen LogP) is 2.11. The molecule has 0 bridgehead atoms. The van der Waals surface area contributed by atoms with E-state index in [9.17, 15) is 18.9 Å². The van der Waals surface area contributed by atoms with Crippen LogP contribution in [0, 0.1) is 13.7 Å². The molecule has 0 amide bonds. The van der Waals surface area contributed by atoms with Crippen LogP contribution in [-0.2, 0) is 0 Å². The highest BCUT2D eigenvalue weighted by Crippen LogP contribution is 2.29. The smallest absolute Gasteiger partial charge is 0.365 e. The molecule has 0 aliphatic rings. The van der Waals surface area contributed by atoms with Gasteiger partial charge in [0, 0.05) is 3.57 Å². The Kier molecular flexibility index (Phi) is 3.13. The molecule has 0 saturated heterocycles. The fourth-order valence-corrected chi connectivity index (χ4v) is 1.34. The molecule has 0 aliphatic carbocycles. The van der Waals surface area contributed by atoms with Crippen LogP contribution in [-0.4, -0.2) is 9.91 Å². The molecule has 0 aliphatic heterocycles. The number of halogens is 3. The van der Waals surface area contributed by atoms with Gasteiger partial charge in [-0.15, -0.1) is 0 Å². The molecule has 1 aromatic heterocycles. The summed E-state index contributed by atoms with van der Waals surface area (Å²) >= 11 is 1.64. The van der Waals surface area contributed by atoms with Gasteiger partial charge in [-0.3, -0.25) is 0 Å². The Labute approximate surface area is 90.6 Å². The van der Waals surface area contributed by atoms with Gasteiger partial charge >= 0.3 is 12.2 Å². The zero-order chi connectivity index (χ0) is 10.9. The maximum atomic E-state index is 12.3. The van der Waals surface area contributed by atoms with Crippen molar-refractivity contribution in [3.8, 4) is 0 Å². The van der Waals surface area contributed by atoms with Crippen molar-refractivity contribution in [3.05, 3.63) is 25.4 Å². The third-order valence-corrected chi connectivity index (χ3v) is 2.31. The highest BCUT2D eigenvalue weighted by atomic mass is 127. The van der Waals surface area contributed by atoms with Crippen LogP contribution >= 0.6 is 22.6 Å². The molecule has 1 aromatic rings. The van der Waals surface area contributed by atoms with Crippen molar-refractivity contribution >= 4 is 34.1 Å². The summed E-state index contributed by atoms with van der Waals surface area (Å²) in [6.07, 6.45) is -2.91. The van der Waals surface area contributed by atoms with Crippen molar-refractivity contribution in [1.29, 1.82) is 0 Å². The van der Waals surface area contributed by atoms with Gasteiger partial charge in [0.15, 0.2) is 0 Å². The third-order valence-electron chi connectivity index (χ3n) is 1.42. The zero-order valence-corrected chi connectivity index (χ0v) is 8.73. The van der Waals surface area contributed by atoms with E-state index in [1.165, 1.54) is 0 Å². The van der Waals surface area contributed by atoms with Gasteiger partial charge in [0.1, 0.15) is 0 Å². The number of nitro groups is 1. The van der Waals surface area contributed by atoms with Gasteiger partial charge in [0.2, 0.25) is 5.69 Å². The minimum absolute atomic E-state index is 0.194. The number of nitrogen functional groups attached to an aromatic ring is 1. The second-order valence-electron chi connectivity index (χ2n) is 2.32. The van der Waals surface area contributed by atoms with E-state index >= 15 is 0 Å². The first-order valence-corrected chi connectivity index (χ1v) is 4.39. The number of nitrogens with two attached hydrogens (primary N) is 1. The molecule has 5 nitrogen and oxygen atoms in total. The molecule has 8 heteroatoms. The molecule has 1 rings (SSSR count). The summed E-state index contributed by atoms with van der Waals surface area (Å²) in [6, 6.07) is 1.04. The first-order chi connectivity index (χ1) is 6.43. The molecule has 0 unspecified atom stereocenters. The minimum Gasteiger partial charge on any atom is -0.394 e. The Balaban J connectivity index is 3.35. The lowest BCUT2D eigenvalue weighted by atomic mass is 10.3. The summed E-state index contributed by atoms with van der Waals surface area (Å²) in [6.45, 7) is 0. The average molecular weight is 315 g/mol. The van der Waals surface area contributed by atoms with Crippen LogP contribution in [0.5, 0.6) is 0 Å². The number of aromatic nitrogens is 1. The molecule has 0 spiro atoms. The number of hydrogen-bond donors (Lipinski definition) is 1. The Hall–Kier alpha value is -1.06. The Morgan fingerprint density at radius 2 is 2.21 bits per heavy atom. The topological polar surface area (TPSA) is 82.0 Å². The van der Waals surface area contributed by atoms with Gasteiger partial charge in [0.05, 0.1) is 11.8 Å². The van der Waals surface area contributed by atoms with Crippen LogP contribution in [0.25, 0.3) is 0 Å². The summed E-state index contributed by atoms with van der Waals surface area (Å²) in [4.78, 5) is 12.6. The third kappa shape index (κ3) is 2.05. The molecular formula is C6H4F2IN3O2. The second-order valence-corrected chi connectivity index (χ2v) is 3.48. The van der Waals surface area contributed by atoms with Gasteiger partial charge in [-0.05, 0) is 32.5 Å². The molecule has 1 heterocycles. The summed E-state index contributed by atoms with van der Waals surface area (Å²) in [5.74, 6) is -0.626. The summed E-state index contributed by atoms with van der Waals surface area (Å²) in [5, 5.41) is 10.3. The molecule has 0 atom stereocenters. The van der Waals surface area contributed by atoms with Crippen molar-refractivity contribution in [3.63, 3.8) is 0 Å². The standard InChI is InChI=1S/C6H4F2IN3O2/c7-6(8)5-4(10)2(9)1-3(11-5)12(13)14/h1,6H,10H2. The number of pyridine rings is 1. The Bertz CT molecular complexity index is 386. The van der Waals surface area contributed by atoms with Crippen molar-refractivity contribution in [1.82, 2.24) is 4.98 Å². The van der Waals surface area contributed by atoms with E-state index in [0.717, 1.165) is 6.07 Å². The quantitative estimate of drug-likeness (QED) is 0.515. The summed E-state index contributed by atoms with van der Waals surface area (Å²) < 4.78 is 24.8. The van der Waals surface area contributed by atoms with Crippen molar-refractivity contribution in [2.24, 2.45) is 0 Å². The van der Waals surface area contributed by atoms with E-state index in [0.29, 0.717) is 0 Å². The Morgan fingerprint density at radius 3 is 2.64 bits per heavy atom. The van der Waals surface area contributed by atoms with Crippen LogP contribution in [0.3, 0.4) is 0 Å². The van der Waals surface area contributed by atoms with Gasteiger partial charge in [-0.2, -0.15) is 0 Å². The molecular weight excluding hydrogens is 311 g/mol. The molecule has 0 aromatic carbocycles. The first kappa shape index (κ1) is 11.0. The van der Waals surface area contributed by atoms with Gasteiger partial charge in [-0.25, -0.2) is 8.78 Å². The maximum Gasteiger partial charge on any atom is 0.365 e. The monoisotopic (exact) mass is 315 g/mol. The summed E-state index contributed by atoms with van der Waals surface area (Å²) in [7, 11) is 0. The van der Waals surface area contributed by atoms with Crippen molar-refractivity contribution in [2.45, 2.75) is 6.43 Å². The van der Waals surface area contributed by atoms with Gasteiger partial charge in [-0.1, -0.05) is 0 Å². The lowest BCUT2D eigenvalue weighted by Gasteiger charge is -2.01. The highest BCUT2D eigenvalue weighted by Gasteiger charge is 2.24. The van der Waals surface area contributed by atoms with E-state index < -0.39 is 22.9 Å². The molecule has 76 valence electrons. The molecule has 2 N–H and O–H groups in total. The number of alkyl halides is 2. The zero-order valence-electron chi connectivity index (χ0n) is 6.58. The van der Waals surface area contributed by atoms with E-state index in [1.54, 1.807) is 22.6 Å². The van der Waals surface area contributed by atoms with Gasteiger partial charge in [0.25, 0.3) is 0 Å². The number of nitrogens with zero attached hydrogens (tertiary/aromatic N) is 2. The van der Waals surface area contributed by atoms with Crippen LogP contribution in [0.4, 0.5) is 20.3 Å². The molecule has 0 radical (unpaired) electrons. The number of anilines is 1. The largest absolute Gasteiger partial charge is 0.394 e. The van der Waals surface area contributed by atoms with Crippen molar-refractivity contribution < 1.29 is 13.7 Å².